The Balaban J connectivity index is 5.26. The van der Waals surface area contributed by atoms with Crippen molar-refractivity contribution in [3.05, 3.63) is 0 Å². The number of carbonyl (C=O) groups is 2. The number of primary amides is 2. The quantitative estimate of drug-likeness (QED) is 0.788. The first kappa shape index (κ1) is 16.9. The Labute approximate surface area is 110 Å². The average Bonchev–Trinajstić information content (AvgIpc) is 2.06. The van der Waals surface area contributed by atoms with Crippen molar-refractivity contribution in [1.29, 1.82) is 0 Å². The van der Waals surface area contributed by atoms with Crippen molar-refractivity contribution in [2.24, 2.45) is 34.1 Å². The first-order valence-electron chi connectivity index (χ1n) is 6.45. The zero-order chi connectivity index (χ0) is 14.7. The fraction of sp³-hybridized carbons (Fsp3) is 0.857. The summed E-state index contributed by atoms with van der Waals surface area (Å²) in [6.07, 6.45) is 0.894. The summed E-state index contributed by atoms with van der Waals surface area (Å²) in [5.41, 5.74) is 10.5. The van der Waals surface area contributed by atoms with Gasteiger partial charge in [-0.25, -0.2) is 0 Å². The fourth-order valence-electron chi connectivity index (χ4n) is 2.63. The second-order valence-corrected chi connectivity index (χ2v) is 7.22. The fourth-order valence-corrected chi connectivity index (χ4v) is 2.63. The van der Waals surface area contributed by atoms with E-state index in [1.807, 2.05) is 20.8 Å². The van der Waals surface area contributed by atoms with Gasteiger partial charge in [-0.15, -0.1) is 0 Å². The predicted molar refractivity (Wildman–Crippen MR) is 73.5 cm³/mol. The Morgan fingerprint density at radius 1 is 0.944 bits per heavy atom. The molecule has 0 aromatic carbocycles. The largest absolute Gasteiger partial charge is 0.370 e. The molecule has 106 valence electrons. The standard InChI is InChI=1S/C14H28N2O2/c1-13(2,3)9(7-8-10(15)17)11(12(16)18)14(4,5)6/h9,11H,7-8H2,1-6H3,(H2,15,17)(H2,16,18). The van der Waals surface area contributed by atoms with Gasteiger partial charge in [-0.05, 0) is 23.2 Å². The molecule has 4 heteroatoms. The third-order valence-corrected chi connectivity index (χ3v) is 3.46. The molecule has 0 aromatic heterocycles. The predicted octanol–water partition coefficient (Wildman–Crippen LogP) is 2.06. The van der Waals surface area contributed by atoms with Crippen LogP contribution in [0.5, 0.6) is 0 Å². The van der Waals surface area contributed by atoms with Gasteiger partial charge in [0.15, 0.2) is 0 Å². The summed E-state index contributed by atoms with van der Waals surface area (Å²) in [6, 6.07) is 0. The molecule has 0 radical (unpaired) electrons. The van der Waals surface area contributed by atoms with Gasteiger partial charge in [-0.1, -0.05) is 41.5 Å². The van der Waals surface area contributed by atoms with E-state index in [0.29, 0.717) is 12.8 Å². The van der Waals surface area contributed by atoms with Crippen molar-refractivity contribution >= 4 is 11.8 Å². The summed E-state index contributed by atoms with van der Waals surface area (Å²) in [6.45, 7) is 12.2. The van der Waals surface area contributed by atoms with Gasteiger partial charge in [0.05, 0.1) is 0 Å². The van der Waals surface area contributed by atoms with Gasteiger partial charge < -0.3 is 11.5 Å². The molecule has 0 saturated carbocycles. The number of carbonyl (C=O) groups excluding carboxylic acids is 2. The van der Waals surface area contributed by atoms with E-state index in [4.69, 9.17) is 11.5 Å². The molecule has 4 N–H and O–H groups in total. The number of hydrogen-bond donors (Lipinski definition) is 2. The van der Waals surface area contributed by atoms with E-state index in [-0.39, 0.29) is 34.5 Å². The average molecular weight is 256 g/mol. The molecule has 4 nitrogen and oxygen atoms in total. The van der Waals surface area contributed by atoms with Gasteiger partial charge in [0, 0.05) is 12.3 Å². The van der Waals surface area contributed by atoms with Crippen LogP contribution in [0.25, 0.3) is 0 Å². The first-order valence-corrected chi connectivity index (χ1v) is 6.45. The van der Waals surface area contributed by atoms with Gasteiger partial charge in [0.2, 0.25) is 11.8 Å². The molecule has 0 aliphatic carbocycles. The highest BCUT2D eigenvalue weighted by atomic mass is 16.1. The second kappa shape index (κ2) is 5.72. The monoisotopic (exact) mass is 256 g/mol. The molecular weight excluding hydrogens is 228 g/mol. The van der Waals surface area contributed by atoms with Gasteiger partial charge in [0.25, 0.3) is 0 Å². The Morgan fingerprint density at radius 2 is 1.39 bits per heavy atom. The summed E-state index contributed by atoms with van der Waals surface area (Å²) >= 11 is 0. The molecule has 0 heterocycles. The Morgan fingerprint density at radius 3 is 1.61 bits per heavy atom. The van der Waals surface area contributed by atoms with E-state index >= 15 is 0 Å². The third-order valence-electron chi connectivity index (χ3n) is 3.46. The molecule has 0 aliphatic rings. The molecule has 0 spiro atoms. The smallest absolute Gasteiger partial charge is 0.221 e. The summed E-state index contributed by atoms with van der Waals surface area (Å²) in [5.74, 6) is -0.854. The molecule has 0 aromatic rings. The SMILES string of the molecule is CC(C)(C)C(CCC(N)=O)C(C(N)=O)C(C)(C)C. The van der Waals surface area contributed by atoms with E-state index in [9.17, 15) is 9.59 Å². The Bertz CT molecular complexity index is 311. The third kappa shape index (κ3) is 5.07. The van der Waals surface area contributed by atoms with Crippen LogP contribution in [0.1, 0.15) is 54.4 Å². The normalized spacial score (nSPS) is 16.1. The highest BCUT2D eigenvalue weighted by molar-refractivity contribution is 5.78. The lowest BCUT2D eigenvalue weighted by Gasteiger charge is -2.42. The molecule has 0 rings (SSSR count). The van der Waals surface area contributed by atoms with Crippen LogP contribution in [0, 0.1) is 22.7 Å². The Hall–Kier alpha value is -1.06. The number of hydrogen-bond acceptors (Lipinski definition) is 2. The van der Waals surface area contributed by atoms with Gasteiger partial charge >= 0.3 is 0 Å². The molecule has 2 amide bonds. The van der Waals surface area contributed by atoms with E-state index in [1.54, 1.807) is 0 Å². The first-order chi connectivity index (χ1) is 7.87. The molecule has 2 atom stereocenters. The summed E-state index contributed by atoms with van der Waals surface area (Å²) in [4.78, 5) is 22.8. The maximum Gasteiger partial charge on any atom is 0.221 e. The van der Waals surface area contributed by atoms with Crippen molar-refractivity contribution in [3.63, 3.8) is 0 Å². The van der Waals surface area contributed by atoms with Crippen LogP contribution in [-0.2, 0) is 9.59 Å². The zero-order valence-electron chi connectivity index (χ0n) is 12.5. The zero-order valence-corrected chi connectivity index (χ0v) is 12.5. The highest BCUT2D eigenvalue weighted by Crippen LogP contribution is 2.43. The lowest BCUT2D eigenvalue weighted by molar-refractivity contribution is -0.131. The minimum absolute atomic E-state index is 0.0440. The molecular formula is C14H28N2O2. The van der Waals surface area contributed by atoms with Crippen molar-refractivity contribution in [3.8, 4) is 0 Å². The molecule has 18 heavy (non-hydrogen) atoms. The van der Waals surface area contributed by atoms with Gasteiger partial charge in [0.1, 0.15) is 0 Å². The maximum atomic E-state index is 11.8. The van der Waals surface area contributed by atoms with Crippen LogP contribution in [0.15, 0.2) is 0 Å². The van der Waals surface area contributed by atoms with Crippen LogP contribution in [0.3, 0.4) is 0 Å². The van der Waals surface area contributed by atoms with E-state index in [2.05, 4.69) is 20.8 Å². The minimum atomic E-state index is -0.332. The molecule has 0 bridgehead atoms. The van der Waals surface area contributed by atoms with E-state index in [1.165, 1.54) is 0 Å². The van der Waals surface area contributed by atoms with Crippen molar-refractivity contribution in [1.82, 2.24) is 0 Å². The van der Waals surface area contributed by atoms with Gasteiger partial charge in [-0.2, -0.15) is 0 Å². The van der Waals surface area contributed by atoms with Crippen molar-refractivity contribution in [2.75, 3.05) is 0 Å². The Kier molecular flexibility index (Phi) is 5.38. The lowest BCUT2D eigenvalue weighted by Crippen LogP contribution is -2.44. The summed E-state index contributed by atoms with van der Waals surface area (Å²) < 4.78 is 0. The molecule has 0 fully saturated rings. The summed E-state index contributed by atoms with van der Waals surface area (Å²) in [5, 5.41) is 0. The van der Waals surface area contributed by atoms with Gasteiger partial charge in [-0.3, -0.25) is 9.59 Å². The van der Waals surface area contributed by atoms with Crippen molar-refractivity contribution < 1.29 is 9.59 Å². The maximum absolute atomic E-state index is 11.8. The topological polar surface area (TPSA) is 86.2 Å². The van der Waals surface area contributed by atoms with Crippen LogP contribution in [0.4, 0.5) is 0 Å². The van der Waals surface area contributed by atoms with Crippen LogP contribution < -0.4 is 11.5 Å². The molecule has 0 saturated heterocycles. The van der Waals surface area contributed by atoms with Crippen LogP contribution in [0.2, 0.25) is 0 Å². The van der Waals surface area contributed by atoms with E-state index < -0.39 is 0 Å². The number of rotatable bonds is 5. The minimum Gasteiger partial charge on any atom is -0.370 e. The number of amides is 2. The summed E-state index contributed by atoms with van der Waals surface area (Å²) in [7, 11) is 0. The molecule has 2 unspecified atom stereocenters. The van der Waals surface area contributed by atoms with Crippen LogP contribution in [-0.4, -0.2) is 11.8 Å². The van der Waals surface area contributed by atoms with Crippen molar-refractivity contribution in [2.45, 2.75) is 54.4 Å². The lowest BCUT2D eigenvalue weighted by atomic mass is 9.62. The second-order valence-electron chi connectivity index (χ2n) is 7.22. The van der Waals surface area contributed by atoms with Crippen LogP contribution >= 0.6 is 0 Å². The number of nitrogens with two attached hydrogens (primary N) is 2. The molecule has 0 aliphatic heterocycles. The highest BCUT2D eigenvalue weighted by Gasteiger charge is 2.41. The van der Waals surface area contributed by atoms with E-state index in [0.717, 1.165) is 0 Å².